The first kappa shape index (κ1) is 32.7. The quantitative estimate of drug-likeness (QED) is 0.160. The Balaban J connectivity index is 1.15. The zero-order chi connectivity index (χ0) is 37.7. The van der Waals surface area contributed by atoms with Crippen molar-refractivity contribution in [2.75, 3.05) is 0 Å². The summed E-state index contributed by atoms with van der Waals surface area (Å²) in [6.45, 7) is 0. The number of hydrogen-bond acceptors (Lipinski definition) is 3. The highest BCUT2D eigenvalue weighted by Gasteiger charge is 2.21. The van der Waals surface area contributed by atoms with Gasteiger partial charge in [-0.2, -0.15) is 0 Å². The highest BCUT2D eigenvalue weighted by atomic mass is 15.0. The molecule has 0 radical (unpaired) electrons. The van der Waals surface area contributed by atoms with Crippen LogP contribution in [-0.4, -0.2) is 19.5 Å². The number of nitrogens with zero attached hydrogens (tertiary/aromatic N) is 4. The lowest BCUT2D eigenvalue weighted by atomic mass is 9.93. The molecular weight excluding hydrogens is 693 g/mol. The second-order valence-electron chi connectivity index (χ2n) is 14.4. The highest BCUT2D eigenvalue weighted by Crippen LogP contribution is 2.44. The molecule has 0 saturated carbocycles. The first-order valence-corrected chi connectivity index (χ1v) is 19.3. The van der Waals surface area contributed by atoms with E-state index in [9.17, 15) is 0 Å². The fourth-order valence-corrected chi connectivity index (χ4v) is 8.39. The summed E-state index contributed by atoms with van der Waals surface area (Å²) in [4.78, 5) is 15.8. The molecule has 0 bridgehead atoms. The van der Waals surface area contributed by atoms with Crippen molar-refractivity contribution < 1.29 is 0 Å². The predicted octanol–water partition coefficient (Wildman–Crippen LogP) is 13.6. The molecule has 4 heteroatoms. The monoisotopic (exact) mass is 726 g/mol. The molecule has 57 heavy (non-hydrogen) atoms. The van der Waals surface area contributed by atoms with Crippen LogP contribution in [0.15, 0.2) is 206 Å². The fraction of sp³-hybridized carbons (Fsp3) is 0. The SMILES string of the molecule is c1ccc(-c2cc(-c3cccc(-c4cccc5c4nc(-c4ccccc4)c4c5ccc5c4c4ccccc4n5-c4ccccc4)c3)nc(-c3ccccc3)n2)cc1. The summed E-state index contributed by atoms with van der Waals surface area (Å²) in [6, 6.07) is 72.5. The number of benzene rings is 8. The van der Waals surface area contributed by atoms with Crippen LogP contribution in [0.3, 0.4) is 0 Å². The van der Waals surface area contributed by atoms with Crippen molar-refractivity contribution in [3.63, 3.8) is 0 Å². The van der Waals surface area contributed by atoms with Crippen LogP contribution in [0.4, 0.5) is 0 Å². The summed E-state index contributed by atoms with van der Waals surface area (Å²) >= 11 is 0. The van der Waals surface area contributed by atoms with E-state index in [0.717, 1.165) is 78.0 Å². The van der Waals surface area contributed by atoms with E-state index >= 15 is 0 Å². The normalized spacial score (nSPS) is 11.5. The van der Waals surface area contributed by atoms with Gasteiger partial charge in [0.15, 0.2) is 5.82 Å². The minimum absolute atomic E-state index is 0.697. The third-order valence-electron chi connectivity index (χ3n) is 11.0. The Kier molecular flexibility index (Phi) is 7.78. The van der Waals surface area contributed by atoms with E-state index in [1.807, 2.05) is 36.4 Å². The van der Waals surface area contributed by atoms with Crippen molar-refractivity contribution in [3.8, 4) is 62.0 Å². The van der Waals surface area contributed by atoms with E-state index in [1.165, 1.54) is 21.7 Å². The molecule has 0 N–H and O–H groups in total. The summed E-state index contributed by atoms with van der Waals surface area (Å²) in [7, 11) is 0. The van der Waals surface area contributed by atoms with Gasteiger partial charge in [-0.3, -0.25) is 0 Å². The van der Waals surface area contributed by atoms with Crippen LogP contribution >= 0.6 is 0 Å². The number of pyridine rings is 1. The topological polar surface area (TPSA) is 43.6 Å². The fourth-order valence-electron chi connectivity index (χ4n) is 8.39. The van der Waals surface area contributed by atoms with Gasteiger partial charge in [0.25, 0.3) is 0 Å². The van der Waals surface area contributed by atoms with E-state index in [4.69, 9.17) is 15.0 Å². The third kappa shape index (κ3) is 5.58. The molecule has 0 aliphatic heterocycles. The Morgan fingerprint density at radius 1 is 0.333 bits per heavy atom. The standard InChI is InChI=1S/C53H34N4/c1-5-17-35(18-6-1)45-34-46(55-53(54-45)37-21-9-3-10-22-37)39-24-15-23-38(33-39)41-28-16-29-43-42-31-32-48-49(50(42)51(56-52(41)43)36-19-7-2-8-20-36)44-27-13-14-30-47(44)57(48)40-25-11-4-12-26-40/h1-34H. The number of fused-ring (bicyclic) bond motifs is 7. The van der Waals surface area contributed by atoms with E-state index in [2.05, 4.69) is 174 Å². The van der Waals surface area contributed by atoms with Gasteiger partial charge in [-0.25, -0.2) is 15.0 Å². The first-order valence-electron chi connectivity index (χ1n) is 19.3. The predicted molar refractivity (Wildman–Crippen MR) is 236 cm³/mol. The van der Waals surface area contributed by atoms with E-state index in [1.54, 1.807) is 0 Å². The Morgan fingerprint density at radius 3 is 1.67 bits per heavy atom. The second kappa shape index (κ2) is 13.6. The van der Waals surface area contributed by atoms with Crippen LogP contribution in [0.25, 0.3) is 105 Å². The molecular formula is C53H34N4. The average Bonchev–Trinajstić information content (AvgIpc) is 3.64. The molecule has 0 aliphatic rings. The lowest BCUT2D eigenvalue weighted by molar-refractivity contribution is 1.18. The highest BCUT2D eigenvalue weighted by molar-refractivity contribution is 6.29. The molecule has 0 amide bonds. The van der Waals surface area contributed by atoms with Crippen LogP contribution in [0.2, 0.25) is 0 Å². The van der Waals surface area contributed by atoms with Crippen molar-refractivity contribution in [2.24, 2.45) is 0 Å². The Bertz CT molecular complexity index is 3210. The third-order valence-corrected chi connectivity index (χ3v) is 11.0. The molecule has 8 aromatic carbocycles. The van der Waals surface area contributed by atoms with Crippen molar-refractivity contribution in [2.45, 2.75) is 0 Å². The smallest absolute Gasteiger partial charge is 0.160 e. The number of para-hydroxylation sites is 3. The van der Waals surface area contributed by atoms with Crippen molar-refractivity contribution >= 4 is 43.5 Å². The molecule has 4 nitrogen and oxygen atoms in total. The van der Waals surface area contributed by atoms with Crippen molar-refractivity contribution in [3.05, 3.63) is 206 Å². The first-order chi connectivity index (χ1) is 28.3. The van der Waals surface area contributed by atoms with Gasteiger partial charge in [-0.05, 0) is 47.3 Å². The summed E-state index contributed by atoms with van der Waals surface area (Å²) in [5, 5.41) is 5.87. The molecule has 3 heterocycles. The van der Waals surface area contributed by atoms with Gasteiger partial charge in [0.05, 0.1) is 33.6 Å². The maximum atomic E-state index is 5.66. The van der Waals surface area contributed by atoms with E-state index in [-0.39, 0.29) is 0 Å². The van der Waals surface area contributed by atoms with E-state index < -0.39 is 0 Å². The van der Waals surface area contributed by atoms with Gasteiger partial charge < -0.3 is 4.57 Å². The molecule has 0 saturated heterocycles. The molecule has 0 unspecified atom stereocenters. The molecule has 3 aromatic heterocycles. The largest absolute Gasteiger partial charge is 0.309 e. The summed E-state index contributed by atoms with van der Waals surface area (Å²) in [5.74, 6) is 0.697. The van der Waals surface area contributed by atoms with Crippen LogP contribution in [0.5, 0.6) is 0 Å². The number of hydrogen-bond donors (Lipinski definition) is 0. The Labute approximate surface area is 330 Å². The molecule has 0 fully saturated rings. The van der Waals surface area contributed by atoms with Crippen LogP contribution in [-0.2, 0) is 0 Å². The number of rotatable bonds is 6. The van der Waals surface area contributed by atoms with Crippen LogP contribution in [0, 0.1) is 0 Å². The van der Waals surface area contributed by atoms with Gasteiger partial charge in [0.2, 0.25) is 0 Å². The van der Waals surface area contributed by atoms with Crippen molar-refractivity contribution in [1.29, 1.82) is 0 Å². The van der Waals surface area contributed by atoms with Gasteiger partial charge in [-0.1, -0.05) is 170 Å². The minimum atomic E-state index is 0.697. The van der Waals surface area contributed by atoms with Crippen LogP contribution in [0.1, 0.15) is 0 Å². The Hall–Kier alpha value is -7.69. The zero-order valence-corrected chi connectivity index (χ0v) is 30.9. The molecule has 266 valence electrons. The summed E-state index contributed by atoms with van der Waals surface area (Å²) in [6.07, 6.45) is 0. The lowest BCUT2D eigenvalue weighted by Gasteiger charge is -2.15. The molecule has 11 rings (SSSR count). The second-order valence-corrected chi connectivity index (χ2v) is 14.4. The van der Waals surface area contributed by atoms with Gasteiger partial charge in [-0.15, -0.1) is 0 Å². The molecule has 11 aromatic rings. The molecule has 0 aliphatic carbocycles. The maximum Gasteiger partial charge on any atom is 0.160 e. The lowest BCUT2D eigenvalue weighted by Crippen LogP contribution is -1.96. The van der Waals surface area contributed by atoms with Gasteiger partial charge in [0.1, 0.15) is 0 Å². The minimum Gasteiger partial charge on any atom is -0.309 e. The number of aromatic nitrogens is 4. The molecule has 0 spiro atoms. The van der Waals surface area contributed by atoms with E-state index in [0.29, 0.717) is 5.82 Å². The van der Waals surface area contributed by atoms with Gasteiger partial charge in [0, 0.05) is 55.0 Å². The Morgan fingerprint density at radius 2 is 0.912 bits per heavy atom. The van der Waals surface area contributed by atoms with Crippen molar-refractivity contribution in [1.82, 2.24) is 19.5 Å². The summed E-state index contributed by atoms with van der Waals surface area (Å²) in [5.41, 5.74) is 13.4. The van der Waals surface area contributed by atoms with Gasteiger partial charge >= 0.3 is 0 Å². The maximum absolute atomic E-state index is 5.66. The average molecular weight is 727 g/mol. The van der Waals surface area contributed by atoms with Crippen LogP contribution < -0.4 is 0 Å². The zero-order valence-electron chi connectivity index (χ0n) is 30.9. The summed E-state index contributed by atoms with van der Waals surface area (Å²) < 4.78 is 2.38. The molecule has 0 atom stereocenters.